The third kappa shape index (κ3) is 3.47. The van der Waals surface area contributed by atoms with Crippen LogP contribution in [0.25, 0.3) is 0 Å². The molecule has 1 spiro atoms. The van der Waals surface area contributed by atoms with Crippen molar-refractivity contribution in [1.29, 1.82) is 0 Å². The van der Waals surface area contributed by atoms with Crippen molar-refractivity contribution in [3.05, 3.63) is 34.9 Å². The van der Waals surface area contributed by atoms with Gasteiger partial charge >= 0.3 is 32.7 Å². The van der Waals surface area contributed by atoms with Crippen molar-refractivity contribution in [2.24, 2.45) is 0 Å². The standard InChI is InChI=1S/C16H21O2.Y/c1-12-9-13(2)11-15(10-12)14-3-5-16(6-4-14)17-7-8-18-16;/h10-11,14H,3-8H2,1-2H3;/q-1;+3. The minimum absolute atomic E-state index is 0. The second-order valence-electron chi connectivity index (χ2n) is 5.66. The molecule has 0 N–H and O–H groups in total. The smallest absolute Gasteiger partial charge is 0.348 e. The third-order valence-corrected chi connectivity index (χ3v) is 4.19. The van der Waals surface area contributed by atoms with Crippen LogP contribution in [0.5, 0.6) is 0 Å². The van der Waals surface area contributed by atoms with Crippen molar-refractivity contribution in [2.45, 2.75) is 51.2 Å². The number of hydrogen-bond acceptors (Lipinski definition) is 2. The summed E-state index contributed by atoms with van der Waals surface area (Å²) in [6, 6.07) is 7.92. The van der Waals surface area contributed by atoms with E-state index >= 15 is 0 Å². The largest absolute Gasteiger partial charge is 3.00 e. The quantitative estimate of drug-likeness (QED) is 0.732. The van der Waals surface area contributed by atoms with Crippen LogP contribution < -0.4 is 0 Å². The Kier molecular flexibility index (Phi) is 5.22. The normalized spacial score (nSPS) is 22.4. The summed E-state index contributed by atoms with van der Waals surface area (Å²) in [5, 5.41) is 0. The van der Waals surface area contributed by atoms with Crippen LogP contribution in [0, 0.1) is 19.9 Å². The second kappa shape index (κ2) is 6.34. The number of benzene rings is 1. The van der Waals surface area contributed by atoms with Gasteiger partial charge in [-0.15, -0.1) is 0 Å². The fourth-order valence-electron chi connectivity index (χ4n) is 3.34. The van der Waals surface area contributed by atoms with Crippen LogP contribution in [0.4, 0.5) is 0 Å². The summed E-state index contributed by atoms with van der Waals surface area (Å²) in [6.45, 7) is 5.79. The Hall–Kier alpha value is 0.244. The van der Waals surface area contributed by atoms with Crippen LogP contribution >= 0.6 is 0 Å². The van der Waals surface area contributed by atoms with Gasteiger partial charge < -0.3 is 9.47 Å². The van der Waals surface area contributed by atoms with Gasteiger partial charge in [-0.3, -0.25) is 0 Å². The monoisotopic (exact) mass is 334 g/mol. The van der Waals surface area contributed by atoms with E-state index in [-0.39, 0.29) is 38.5 Å². The molecule has 0 aromatic heterocycles. The van der Waals surface area contributed by atoms with Gasteiger partial charge in [0.05, 0.1) is 13.2 Å². The molecule has 2 aliphatic rings. The molecule has 0 amide bonds. The maximum absolute atomic E-state index is 5.78. The van der Waals surface area contributed by atoms with Crippen LogP contribution in [-0.2, 0) is 42.2 Å². The number of aryl methyl sites for hydroxylation is 2. The molecule has 1 aliphatic carbocycles. The average molecular weight is 334 g/mol. The molecular formula is C16H21O2Y+2. The fraction of sp³-hybridized carbons (Fsp3) is 0.625. The molecule has 0 atom stereocenters. The Labute approximate surface area is 141 Å². The summed E-state index contributed by atoms with van der Waals surface area (Å²) in [6.07, 6.45) is 4.41. The first kappa shape index (κ1) is 15.6. The first-order valence-corrected chi connectivity index (χ1v) is 6.95. The molecule has 2 fully saturated rings. The van der Waals surface area contributed by atoms with Crippen molar-refractivity contribution in [3.63, 3.8) is 0 Å². The molecule has 1 saturated heterocycles. The molecule has 1 aromatic rings. The number of rotatable bonds is 1. The summed E-state index contributed by atoms with van der Waals surface area (Å²) in [5.41, 5.74) is 3.97. The van der Waals surface area contributed by atoms with Crippen molar-refractivity contribution < 1.29 is 42.2 Å². The van der Waals surface area contributed by atoms with E-state index in [1.165, 1.54) is 29.5 Å². The molecule has 0 radical (unpaired) electrons. The van der Waals surface area contributed by atoms with Gasteiger partial charge in [0.1, 0.15) is 0 Å². The molecule has 2 nitrogen and oxygen atoms in total. The Balaban J connectivity index is 0.00000133. The first-order valence-electron chi connectivity index (χ1n) is 6.95. The van der Waals surface area contributed by atoms with E-state index in [1.807, 2.05) is 0 Å². The van der Waals surface area contributed by atoms with E-state index in [0.29, 0.717) is 5.92 Å². The Bertz CT molecular complexity index is 408. The van der Waals surface area contributed by atoms with Gasteiger partial charge in [-0.2, -0.15) is 34.9 Å². The molecule has 1 saturated carbocycles. The third-order valence-electron chi connectivity index (χ3n) is 4.19. The van der Waals surface area contributed by atoms with E-state index in [4.69, 9.17) is 9.47 Å². The maximum Gasteiger partial charge on any atom is 3.00 e. The fourth-order valence-corrected chi connectivity index (χ4v) is 3.34. The molecule has 98 valence electrons. The molecule has 3 rings (SSSR count). The van der Waals surface area contributed by atoms with E-state index in [1.54, 1.807) is 0 Å². The van der Waals surface area contributed by atoms with E-state index < -0.39 is 0 Å². The van der Waals surface area contributed by atoms with Crippen molar-refractivity contribution in [2.75, 3.05) is 13.2 Å². The number of hydrogen-bond donors (Lipinski definition) is 0. The molecule has 3 heteroatoms. The Morgan fingerprint density at radius 1 is 1.05 bits per heavy atom. The maximum atomic E-state index is 5.78. The van der Waals surface area contributed by atoms with Crippen molar-refractivity contribution in [1.82, 2.24) is 0 Å². The zero-order chi connectivity index (χ0) is 12.6. The SMILES string of the molecule is Cc1[c-]c(C)cc(C2CCC3(CC2)OCCO3)c1.[Y+3]. The topological polar surface area (TPSA) is 18.5 Å². The summed E-state index contributed by atoms with van der Waals surface area (Å²) in [5.74, 6) is 0.428. The molecular weight excluding hydrogens is 313 g/mol. The average Bonchev–Trinajstić information content (AvgIpc) is 2.77. The first-order chi connectivity index (χ1) is 8.67. The molecule has 1 aliphatic heterocycles. The molecule has 0 bridgehead atoms. The van der Waals surface area contributed by atoms with Crippen LogP contribution in [-0.4, -0.2) is 19.0 Å². The summed E-state index contributed by atoms with van der Waals surface area (Å²) in [4.78, 5) is 0. The van der Waals surface area contributed by atoms with Crippen molar-refractivity contribution in [3.8, 4) is 0 Å². The zero-order valence-corrected chi connectivity index (χ0v) is 14.7. The minimum Gasteiger partial charge on any atom is -0.348 e. The molecule has 1 heterocycles. The predicted molar refractivity (Wildman–Crippen MR) is 70.6 cm³/mol. The van der Waals surface area contributed by atoms with Gasteiger partial charge in [0.15, 0.2) is 5.79 Å². The van der Waals surface area contributed by atoms with Crippen LogP contribution in [0.3, 0.4) is 0 Å². The van der Waals surface area contributed by atoms with E-state index in [0.717, 1.165) is 26.1 Å². The number of ether oxygens (including phenoxy) is 2. The van der Waals surface area contributed by atoms with Crippen molar-refractivity contribution >= 4 is 0 Å². The van der Waals surface area contributed by atoms with Gasteiger partial charge in [0, 0.05) is 12.8 Å². The van der Waals surface area contributed by atoms with Gasteiger partial charge in [-0.25, -0.2) is 0 Å². The Morgan fingerprint density at radius 3 is 2.11 bits per heavy atom. The zero-order valence-electron chi connectivity index (χ0n) is 11.9. The van der Waals surface area contributed by atoms with E-state index in [9.17, 15) is 0 Å². The molecule has 0 unspecified atom stereocenters. The van der Waals surface area contributed by atoms with Gasteiger partial charge in [-0.1, -0.05) is 13.8 Å². The summed E-state index contributed by atoms with van der Waals surface area (Å²) >= 11 is 0. The summed E-state index contributed by atoms with van der Waals surface area (Å²) < 4.78 is 11.6. The second-order valence-corrected chi connectivity index (χ2v) is 5.66. The summed E-state index contributed by atoms with van der Waals surface area (Å²) in [7, 11) is 0. The van der Waals surface area contributed by atoms with Gasteiger partial charge in [0.2, 0.25) is 0 Å². The van der Waals surface area contributed by atoms with Gasteiger partial charge in [-0.05, 0) is 18.8 Å². The van der Waals surface area contributed by atoms with Crippen LogP contribution in [0.2, 0.25) is 0 Å². The van der Waals surface area contributed by atoms with Crippen LogP contribution in [0.1, 0.15) is 48.3 Å². The molecule has 19 heavy (non-hydrogen) atoms. The van der Waals surface area contributed by atoms with Crippen LogP contribution in [0.15, 0.2) is 12.1 Å². The van der Waals surface area contributed by atoms with Gasteiger partial charge in [0.25, 0.3) is 0 Å². The molecule has 1 aromatic carbocycles. The predicted octanol–water partition coefficient (Wildman–Crippen LogP) is 3.50. The Morgan fingerprint density at radius 2 is 1.58 bits per heavy atom. The minimum atomic E-state index is -0.235. The van der Waals surface area contributed by atoms with E-state index in [2.05, 4.69) is 32.0 Å².